The summed E-state index contributed by atoms with van der Waals surface area (Å²) in [5.41, 5.74) is 2.63. The monoisotopic (exact) mass is 315 g/mol. The van der Waals surface area contributed by atoms with Gasteiger partial charge in [-0.1, -0.05) is 12.2 Å². The standard InChI is InChI=1S/C17H21N3O3/c1-6-7-12-10-18-17(19-11(12)2)20-13-8-14(21-3)16(23-5)15(9-13)22-4/h6-10H,1-5H3,(H,18,19,20)/b7-6-. The molecule has 0 spiro atoms. The van der Waals surface area contributed by atoms with Crippen molar-refractivity contribution < 1.29 is 14.2 Å². The Bertz CT molecular complexity index is 689. The summed E-state index contributed by atoms with van der Waals surface area (Å²) >= 11 is 0. The highest BCUT2D eigenvalue weighted by molar-refractivity contribution is 5.66. The van der Waals surface area contributed by atoms with Crippen LogP contribution in [0.25, 0.3) is 6.08 Å². The number of ether oxygens (including phenoxy) is 3. The van der Waals surface area contributed by atoms with E-state index in [4.69, 9.17) is 14.2 Å². The van der Waals surface area contributed by atoms with Crippen molar-refractivity contribution in [1.29, 1.82) is 0 Å². The third kappa shape index (κ3) is 3.71. The molecule has 0 atom stereocenters. The first kappa shape index (κ1) is 16.6. The number of nitrogens with one attached hydrogen (secondary N) is 1. The summed E-state index contributed by atoms with van der Waals surface area (Å²) in [5.74, 6) is 2.18. The lowest BCUT2D eigenvalue weighted by atomic mass is 10.2. The second-order valence-electron chi connectivity index (χ2n) is 4.77. The Kier molecular flexibility index (Phi) is 5.41. The van der Waals surface area contributed by atoms with Crippen LogP contribution in [0.5, 0.6) is 17.2 Å². The predicted molar refractivity (Wildman–Crippen MR) is 90.9 cm³/mol. The van der Waals surface area contributed by atoms with Crippen molar-refractivity contribution in [2.45, 2.75) is 13.8 Å². The lowest BCUT2D eigenvalue weighted by molar-refractivity contribution is 0.324. The van der Waals surface area contributed by atoms with Gasteiger partial charge in [0.05, 0.1) is 27.0 Å². The minimum atomic E-state index is 0.505. The number of rotatable bonds is 6. The first-order chi connectivity index (χ1) is 11.1. The smallest absolute Gasteiger partial charge is 0.227 e. The maximum atomic E-state index is 5.34. The number of hydrogen-bond donors (Lipinski definition) is 1. The molecule has 0 radical (unpaired) electrons. The maximum absolute atomic E-state index is 5.34. The summed E-state index contributed by atoms with van der Waals surface area (Å²) in [6.45, 7) is 3.90. The predicted octanol–water partition coefficient (Wildman–Crippen LogP) is 3.59. The van der Waals surface area contributed by atoms with Gasteiger partial charge in [0.2, 0.25) is 11.7 Å². The molecule has 0 unspecified atom stereocenters. The lowest BCUT2D eigenvalue weighted by Crippen LogP contribution is -2.01. The molecule has 1 heterocycles. The fourth-order valence-electron chi connectivity index (χ4n) is 2.16. The van der Waals surface area contributed by atoms with Gasteiger partial charge in [0.15, 0.2) is 11.5 Å². The molecule has 2 aromatic rings. The van der Waals surface area contributed by atoms with Gasteiger partial charge in [-0.15, -0.1) is 0 Å². The second kappa shape index (κ2) is 7.49. The summed E-state index contributed by atoms with van der Waals surface area (Å²) in [6, 6.07) is 3.61. The van der Waals surface area contributed by atoms with E-state index in [0.29, 0.717) is 23.2 Å². The normalized spacial score (nSPS) is 10.7. The Labute approximate surface area is 136 Å². The number of aromatic nitrogens is 2. The molecule has 6 heteroatoms. The highest BCUT2D eigenvalue weighted by Gasteiger charge is 2.13. The maximum Gasteiger partial charge on any atom is 0.227 e. The minimum Gasteiger partial charge on any atom is -0.493 e. The number of allylic oxidation sites excluding steroid dienone is 1. The average Bonchev–Trinajstić information content (AvgIpc) is 2.56. The Hall–Kier alpha value is -2.76. The van der Waals surface area contributed by atoms with Crippen LogP contribution in [0.15, 0.2) is 24.4 Å². The number of hydrogen-bond acceptors (Lipinski definition) is 6. The molecule has 1 aromatic heterocycles. The minimum absolute atomic E-state index is 0.505. The molecular formula is C17H21N3O3. The Morgan fingerprint density at radius 1 is 1.04 bits per heavy atom. The number of anilines is 2. The van der Waals surface area contributed by atoms with E-state index in [0.717, 1.165) is 16.9 Å². The molecule has 1 N–H and O–H groups in total. The zero-order chi connectivity index (χ0) is 16.8. The second-order valence-corrected chi connectivity index (χ2v) is 4.77. The van der Waals surface area contributed by atoms with E-state index < -0.39 is 0 Å². The first-order valence-electron chi connectivity index (χ1n) is 7.16. The molecule has 1 aromatic carbocycles. The van der Waals surface area contributed by atoms with Crippen LogP contribution >= 0.6 is 0 Å². The van der Waals surface area contributed by atoms with Crippen molar-refractivity contribution in [3.63, 3.8) is 0 Å². The third-order valence-electron chi connectivity index (χ3n) is 3.28. The van der Waals surface area contributed by atoms with E-state index in [1.807, 2.05) is 26.0 Å². The Balaban J connectivity index is 2.34. The first-order valence-corrected chi connectivity index (χ1v) is 7.16. The van der Waals surface area contributed by atoms with Crippen LogP contribution in [0.2, 0.25) is 0 Å². The molecule has 0 bridgehead atoms. The van der Waals surface area contributed by atoms with Crippen LogP contribution in [0.4, 0.5) is 11.6 Å². The van der Waals surface area contributed by atoms with E-state index in [1.54, 1.807) is 39.7 Å². The molecule has 0 aliphatic rings. The molecule has 23 heavy (non-hydrogen) atoms. The highest BCUT2D eigenvalue weighted by Crippen LogP contribution is 2.40. The molecular weight excluding hydrogens is 294 g/mol. The zero-order valence-corrected chi connectivity index (χ0v) is 14.0. The van der Waals surface area contributed by atoms with E-state index in [2.05, 4.69) is 15.3 Å². The van der Waals surface area contributed by atoms with Crippen molar-refractivity contribution in [1.82, 2.24) is 9.97 Å². The van der Waals surface area contributed by atoms with Gasteiger partial charge < -0.3 is 19.5 Å². The summed E-state index contributed by atoms with van der Waals surface area (Å²) in [4.78, 5) is 8.77. The SMILES string of the molecule is C/C=C\c1cnc(Nc2cc(OC)c(OC)c(OC)c2)nc1C. The van der Waals surface area contributed by atoms with Crippen molar-refractivity contribution in [3.8, 4) is 17.2 Å². The highest BCUT2D eigenvalue weighted by atomic mass is 16.5. The number of nitrogens with zero attached hydrogens (tertiary/aromatic N) is 2. The van der Waals surface area contributed by atoms with Crippen LogP contribution in [0.1, 0.15) is 18.2 Å². The van der Waals surface area contributed by atoms with E-state index in [9.17, 15) is 0 Å². The fraction of sp³-hybridized carbons (Fsp3) is 0.294. The molecule has 122 valence electrons. The zero-order valence-electron chi connectivity index (χ0n) is 14.0. The summed E-state index contributed by atoms with van der Waals surface area (Å²) in [7, 11) is 4.72. The number of methoxy groups -OCH3 is 3. The number of aryl methyl sites for hydroxylation is 1. The summed E-state index contributed by atoms with van der Waals surface area (Å²) < 4.78 is 16.0. The average molecular weight is 315 g/mol. The summed E-state index contributed by atoms with van der Waals surface area (Å²) in [5, 5.41) is 3.15. The van der Waals surface area contributed by atoms with Gasteiger partial charge in [-0.25, -0.2) is 9.97 Å². The van der Waals surface area contributed by atoms with Crippen molar-refractivity contribution in [2.24, 2.45) is 0 Å². The van der Waals surface area contributed by atoms with Crippen LogP contribution in [-0.2, 0) is 0 Å². The van der Waals surface area contributed by atoms with Crippen LogP contribution < -0.4 is 19.5 Å². The van der Waals surface area contributed by atoms with Gasteiger partial charge in [-0.05, 0) is 13.8 Å². The largest absolute Gasteiger partial charge is 0.493 e. The van der Waals surface area contributed by atoms with Crippen molar-refractivity contribution >= 4 is 17.7 Å². The van der Waals surface area contributed by atoms with Gasteiger partial charge in [0.1, 0.15) is 0 Å². The molecule has 0 fully saturated rings. The van der Waals surface area contributed by atoms with E-state index in [1.165, 1.54) is 0 Å². The topological polar surface area (TPSA) is 65.5 Å². The molecule has 0 aliphatic heterocycles. The van der Waals surface area contributed by atoms with Crippen LogP contribution in [0.3, 0.4) is 0 Å². The van der Waals surface area contributed by atoms with Gasteiger partial charge in [-0.2, -0.15) is 0 Å². The molecule has 0 aliphatic carbocycles. The molecule has 0 amide bonds. The molecule has 6 nitrogen and oxygen atoms in total. The molecule has 0 saturated carbocycles. The molecule has 2 rings (SSSR count). The van der Waals surface area contributed by atoms with Gasteiger partial charge >= 0.3 is 0 Å². The quantitative estimate of drug-likeness (QED) is 0.879. The lowest BCUT2D eigenvalue weighted by Gasteiger charge is -2.14. The molecule has 0 saturated heterocycles. The van der Waals surface area contributed by atoms with Gasteiger partial charge in [0.25, 0.3) is 0 Å². The Morgan fingerprint density at radius 3 is 2.17 bits per heavy atom. The Morgan fingerprint density at radius 2 is 1.70 bits per heavy atom. The summed E-state index contributed by atoms with van der Waals surface area (Å²) in [6.07, 6.45) is 5.71. The fourth-order valence-corrected chi connectivity index (χ4v) is 2.16. The van der Waals surface area contributed by atoms with Crippen LogP contribution in [0, 0.1) is 6.92 Å². The van der Waals surface area contributed by atoms with E-state index >= 15 is 0 Å². The number of benzene rings is 1. The van der Waals surface area contributed by atoms with Crippen molar-refractivity contribution in [2.75, 3.05) is 26.6 Å². The van der Waals surface area contributed by atoms with Gasteiger partial charge in [-0.3, -0.25) is 0 Å². The van der Waals surface area contributed by atoms with Crippen LogP contribution in [-0.4, -0.2) is 31.3 Å². The van der Waals surface area contributed by atoms with Gasteiger partial charge in [0, 0.05) is 29.6 Å². The van der Waals surface area contributed by atoms with E-state index in [-0.39, 0.29) is 0 Å². The van der Waals surface area contributed by atoms with Crippen molar-refractivity contribution in [3.05, 3.63) is 35.7 Å². The third-order valence-corrected chi connectivity index (χ3v) is 3.28.